The maximum atomic E-state index is 11.7. The molecule has 0 unspecified atom stereocenters. The monoisotopic (exact) mass is 398 g/mol. The van der Waals surface area contributed by atoms with E-state index in [2.05, 4.69) is 6.92 Å². The minimum atomic E-state index is -0.302. The molecule has 28 heavy (non-hydrogen) atoms. The molecule has 0 aromatic rings. The molecule has 1 fully saturated rings. The highest BCUT2D eigenvalue weighted by atomic mass is 16.6. The molecule has 0 atom stereocenters. The van der Waals surface area contributed by atoms with E-state index in [1.165, 1.54) is 12.2 Å². The van der Waals surface area contributed by atoms with E-state index in [1.54, 1.807) is 0 Å². The van der Waals surface area contributed by atoms with Gasteiger partial charge in [-0.1, -0.05) is 6.92 Å². The Morgan fingerprint density at radius 3 is 1.82 bits per heavy atom. The van der Waals surface area contributed by atoms with E-state index in [0.29, 0.717) is 58.6 Å². The minimum Gasteiger partial charge on any atom is -0.379 e. The Bertz CT molecular complexity index is 528. The summed E-state index contributed by atoms with van der Waals surface area (Å²) >= 11 is 0. The highest BCUT2D eigenvalue weighted by Gasteiger charge is 2.26. The third kappa shape index (κ3) is 8.05. The van der Waals surface area contributed by atoms with Crippen LogP contribution in [0.3, 0.4) is 0 Å². The zero-order valence-corrected chi connectivity index (χ0v) is 16.5. The molecule has 0 radical (unpaired) electrons. The molecular weight excluding hydrogens is 368 g/mol. The molecule has 0 spiro atoms. The normalized spacial score (nSPS) is 16.9. The Morgan fingerprint density at radius 2 is 1.32 bits per heavy atom. The predicted octanol–water partition coefficient (Wildman–Crippen LogP) is -0.154. The van der Waals surface area contributed by atoms with Crippen LogP contribution in [0.25, 0.3) is 0 Å². The zero-order valence-electron chi connectivity index (χ0n) is 16.5. The van der Waals surface area contributed by atoms with Crippen LogP contribution in [0.2, 0.25) is 0 Å². The van der Waals surface area contributed by atoms with Gasteiger partial charge in [0.2, 0.25) is 5.91 Å². The first kappa shape index (κ1) is 22.5. The Balaban J connectivity index is 1.27. The van der Waals surface area contributed by atoms with Crippen LogP contribution < -0.4 is 0 Å². The number of nitrogens with zero attached hydrogens (tertiary/aromatic N) is 2. The molecule has 9 heteroatoms. The number of likely N-dealkylation sites (tertiary alicyclic amines) is 1. The number of carbonyl (C=O) groups is 3. The summed E-state index contributed by atoms with van der Waals surface area (Å²) in [6.45, 7) is 7.43. The second kappa shape index (κ2) is 12.6. The van der Waals surface area contributed by atoms with Crippen LogP contribution in [-0.4, -0.2) is 100 Å². The summed E-state index contributed by atoms with van der Waals surface area (Å²) in [5, 5.41) is 0. The van der Waals surface area contributed by atoms with Gasteiger partial charge in [-0.2, -0.15) is 0 Å². The Kier molecular flexibility index (Phi) is 10.1. The number of amides is 3. The van der Waals surface area contributed by atoms with Crippen molar-refractivity contribution in [1.29, 1.82) is 0 Å². The number of hydrogen-bond acceptors (Lipinski definition) is 7. The molecule has 0 aromatic heterocycles. The maximum Gasteiger partial charge on any atom is 0.253 e. The molecule has 158 valence electrons. The molecule has 0 N–H and O–H groups in total. The van der Waals surface area contributed by atoms with Gasteiger partial charge >= 0.3 is 0 Å². The lowest BCUT2D eigenvalue weighted by Gasteiger charge is -2.37. The van der Waals surface area contributed by atoms with Crippen LogP contribution >= 0.6 is 0 Å². The molecule has 3 amide bonds. The highest BCUT2D eigenvalue weighted by molar-refractivity contribution is 6.12. The number of imide groups is 1. The van der Waals surface area contributed by atoms with Gasteiger partial charge in [0, 0.05) is 25.2 Å². The average molecular weight is 398 g/mol. The van der Waals surface area contributed by atoms with Gasteiger partial charge in [-0.15, -0.1) is 0 Å². The molecule has 0 aromatic carbocycles. The standard InChI is InChI=1S/C19H30N2O7/c1-16-14-20(15-16)17(22)4-6-25-8-10-27-12-13-28-11-9-26-7-5-21-18(23)2-3-19(21)24/h2-3,16H,4-15H2,1H3. The zero-order chi connectivity index (χ0) is 20.2. The third-order valence-corrected chi connectivity index (χ3v) is 4.35. The van der Waals surface area contributed by atoms with E-state index in [4.69, 9.17) is 18.9 Å². The van der Waals surface area contributed by atoms with E-state index in [0.717, 1.165) is 18.0 Å². The summed E-state index contributed by atoms with van der Waals surface area (Å²) in [6, 6.07) is 0. The molecule has 2 aliphatic rings. The Hall–Kier alpha value is -1.81. The largest absolute Gasteiger partial charge is 0.379 e. The molecular formula is C19H30N2O7. The Labute approximate surface area is 165 Å². The first-order valence-electron chi connectivity index (χ1n) is 9.70. The van der Waals surface area contributed by atoms with Crippen molar-refractivity contribution in [1.82, 2.24) is 9.80 Å². The van der Waals surface area contributed by atoms with E-state index in [9.17, 15) is 14.4 Å². The molecule has 9 nitrogen and oxygen atoms in total. The number of carbonyl (C=O) groups excluding carboxylic acids is 3. The third-order valence-electron chi connectivity index (χ3n) is 4.35. The van der Waals surface area contributed by atoms with Crippen LogP contribution in [-0.2, 0) is 33.3 Å². The van der Waals surface area contributed by atoms with E-state index in [-0.39, 0.29) is 30.9 Å². The first-order chi connectivity index (χ1) is 13.6. The predicted molar refractivity (Wildman–Crippen MR) is 99.5 cm³/mol. The van der Waals surface area contributed by atoms with Crippen LogP contribution in [0, 0.1) is 5.92 Å². The average Bonchev–Trinajstić information content (AvgIpc) is 2.97. The summed E-state index contributed by atoms with van der Waals surface area (Å²) in [5.74, 6) is 0.174. The van der Waals surface area contributed by atoms with E-state index < -0.39 is 0 Å². The van der Waals surface area contributed by atoms with E-state index in [1.807, 2.05) is 4.90 Å². The topological polar surface area (TPSA) is 94.6 Å². The smallest absolute Gasteiger partial charge is 0.253 e. The SMILES string of the molecule is CC1CN(C(=O)CCOCCOCCOCCOCCN2C(=O)C=CC2=O)C1. The van der Waals surface area contributed by atoms with Crippen molar-refractivity contribution in [2.45, 2.75) is 13.3 Å². The van der Waals surface area contributed by atoms with Crippen molar-refractivity contribution in [3.63, 3.8) is 0 Å². The molecule has 0 aliphatic carbocycles. The molecule has 0 saturated carbocycles. The summed E-state index contributed by atoms with van der Waals surface area (Å²) in [6.07, 6.45) is 2.93. The molecule has 0 bridgehead atoms. The van der Waals surface area contributed by atoms with Gasteiger partial charge in [0.25, 0.3) is 11.8 Å². The van der Waals surface area contributed by atoms with E-state index >= 15 is 0 Å². The van der Waals surface area contributed by atoms with Crippen LogP contribution in [0.1, 0.15) is 13.3 Å². The number of hydrogen-bond donors (Lipinski definition) is 0. The molecule has 2 heterocycles. The summed E-state index contributed by atoms with van der Waals surface area (Å²) in [5.41, 5.74) is 0. The fraction of sp³-hybridized carbons (Fsp3) is 0.737. The van der Waals surface area contributed by atoms with Crippen molar-refractivity contribution in [2.75, 3.05) is 72.5 Å². The number of ether oxygens (including phenoxy) is 4. The number of rotatable bonds is 15. The van der Waals surface area contributed by atoms with Gasteiger partial charge in [-0.25, -0.2) is 0 Å². The minimum absolute atomic E-state index is 0.157. The lowest BCUT2D eigenvalue weighted by Crippen LogP contribution is -2.48. The van der Waals surface area contributed by atoms with Crippen LogP contribution in [0.15, 0.2) is 12.2 Å². The second-order valence-corrected chi connectivity index (χ2v) is 6.76. The summed E-state index contributed by atoms with van der Waals surface area (Å²) in [7, 11) is 0. The molecule has 2 rings (SSSR count). The summed E-state index contributed by atoms with van der Waals surface area (Å²) < 4.78 is 21.5. The van der Waals surface area contributed by atoms with Crippen molar-refractivity contribution in [3.05, 3.63) is 12.2 Å². The van der Waals surface area contributed by atoms with Crippen LogP contribution in [0.5, 0.6) is 0 Å². The molecule has 2 aliphatic heterocycles. The quantitative estimate of drug-likeness (QED) is 0.280. The van der Waals surface area contributed by atoms with Crippen molar-refractivity contribution >= 4 is 17.7 Å². The van der Waals surface area contributed by atoms with Gasteiger partial charge < -0.3 is 23.8 Å². The van der Waals surface area contributed by atoms with Gasteiger partial charge in [0.15, 0.2) is 0 Å². The van der Waals surface area contributed by atoms with Crippen molar-refractivity contribution in [2.24, 2.45) is 5.92 Å². The van der Waals surface area contributed by atoms with Gasteiger partial charge in [-0.3, -0.25) is 19.3 Å². The van der Waals surface area contributed by atoms with Crippen molar-refractivity contribution in [3.8, 4) is 0 Å². The van der Waals surface area contributed by atoms with Gasteiger partial charge in [0.1, 0.15) is 0 Å². The first-order valence-corrected chi connectivity index (χ1v) is 9.70. The van der Waals surface area contributed by atoms with Crippen LogP contribution in [0.4, 0.5) is 0 Å². The van der Waals surface area contributed by atoms with Gasteiger partial charge in [-0.05, 0) is 5.92 Å². The fourth-order valence-electron chi connectivity index (χ4n) is 2.79. The van der Waals surface area contributed by atoms with Gasteiger partial charge in [0.05, 0.1) is 65.8 Å². The lowest BCUT2D eigenvalue weighted by atomic mass is 10.0. The molecule has 1 saturated heterocycles. The second-order valence-electron chi connectivity index (χ2n) is 6.76. The highest BCUT2D eigenvalue weighted by Crippen LogP contribution is 2.14. The lowest BCUT2D eigenvalue weighted by molar-refractivity contribution is -0.139. The van der Waals surface area contributed by atoms with Crippen molar-refractivity contribution < 1.29 is 33.3 Å². The fourth-order valence-corrected chi connectivity index (χ4v) is 2.79. The Morgan fingerprint density at radius 1 is 0.857 bits per heavy atom. The maximum absolute atomic E-state index is 11.7. The summed E-state index contributed by atoms with van der Waals surface area (Å²) in [4.78, 5) is 37.3.